The fraction of sp³-hybridized carbons (Fsp3) is 1.00. The highest BCUT2D eigenvalue weighted by Gasteiger charge is 2.28. The standard InChI is InChI=1S/C13H25N/c1-2-4-11-6-8-12(9-7-11)13-5-3-10-14-13/h11-14H,2-10H2,1H3/t11?,12?,13-/m1/s1. The Labute approximate surface area is 88.7 Å². The van der Waals surface area contributed by atoms with Crippen LogP contribution in [0.3, 0.4) is 0 Å². The first-order valence-corrected chi connectivity index (χ1v) is 6.63. The van der Waals surface area contributed by atoms with Crippen LogP contribution in [0, 0.1) is 11.8 Å². The van der Waals surface area contributed by atoms with Gasteiger partial charge in [-0.25, -0.2) is 0 Å². The largest absolute Gasteiger partial charge is 0.314 e. The second-order valence-electron chi connectivity index (χ2n) is 5.27. The number of hydrogen-bond acceptors (Lipinski definition) is 1. The monoisotopic (exact) mass is 195 g/mol. The molecule has 0 aromatic carbocycles. The van der Waals surface area contributed by atoms with Crippen LogP contribution in [-0.2, 0) is 0 Å². The lowest BCUT2D eigenvalue weighted by atomic mass is 9.77. The molecule has 0 spiro atoms. The van der Waals surface area contributed by atoms with Gasteiger partial charge in [-0.15, -0.1) is 0 Å². The maximum absolute atomic E-state index is 3.67. The SMILES string of the molecule is CCCC1CCC([C@H]2CCCN2)CC1. The Hall–Kier alpha value is -0.0400. The van der Waals surface area contributed by atoms with E-state index in [1.54, 1.807) is 0 Å². The van der Waals surface area contributed by atoms with E-state index in [0.717, 1.165) is 17.9 Å². The first kappa shape index (κ1) is 10.5. The van der Waals surface area contributed by atoms with Crippen LogP contribution in [0.2, 0.25) is 0 Å². The fourth-order valence-electron chi connectivity index (χ4n) is 3.40. The van der Waals surface area contributed by atoms with Crippen LogP contribution in [0.1, 0.15) is 58.3 Å². The van der Waals surface area contributed by atoms with Gasteiger partial charge in [-0.1, -0.05) is 32.6 Å². The molecule has 1 nitrogen and oxygen atoms in total. The third-order valence-corrected chi connectivity index (χ3v) is 4.26. The molecule has 2 fully saturated rings. The molecule has 0 aromatic rings. The van der Waals surface area contributed by atoms with Crippen LogP contribution >= 0.6 is 0 Å². The molecule has 1 heterocycles. The highest BCUT2D eigenvalue weighted by Crippen LogP contribution is 2.35. The molecule has 0 bridgehead atoms. The van der Waals surface area contributed by atoms with Gasteiger partial charge in [-0.05, 0) is 44.1 Å². The zero-order valence-corrected chi connectivity index (χ0v) is 9.60. The predicted octanol–water partition coefficient (Wildman–Crippen LogP) is 3.34. The second kappa shape index (κ2) is 5.16. The Kier molecular flexibility index (Phi) is 3.86. The lowest BCUT2D eigenvalue weighted by Crippen LogP contribution is -2.33. The van der Waals surface area contributed by atoms with Crippen LogP contribution in [0.25, 0.3) is 0 Å². The maximum Gasteiger partial charge on any atom is 0.00958 e. The van der Waals surface area contributed by atoms with Crippen molar-refractivity contribution in [2.75, 3.05) is 6.54 Å². The van der Waals surface area contributed by atoms with Gasteiger partial charge in [0.1, 0.15) is 0 Å². The van der Waals surface area contributed by atoms with E-state index < -0.39 is 0 Å². The summed E-state index contributed by atoms with van der Waals surface area (Å²) in [5.74, 6) is 2.09. The molecule has 0 aromatic heterocycles. The summed E-state index contributed by atoms with van der Waals surface area (Å²) < 4.78 is 0. The maximum atomic E-state index is 3.67. The molecule has 0 unspecified atom stereocenters. The molecule has 1 saturated heterocycles. The normalized spacial score (nSPS) is 38.8. The first-order valence-electron chi connectivity index (χ1n) is 6.63. The third-order valence-electron chi connectivity index (χ3n) is 4.26. The van der Waals surface area contributed by atoms with Crippen LogP contribution in [-0.4, -0.2) is 12.6 Å². The molecular formula is C13H25N. The van der Waals surface area contributed by atoms with Crippen molar-refractivity contribution in [3.05, 3.63) is 0 Å². The molecule has 1 atom stereocenters. The van der Waals surface area contributed by atoms with E-state index in [2.05, 4.69) is 12.2 Å². The lowest BCUT2D eigenvalue weighted by molar-refractivity contribution is 0.224. The number of hydrogen-bond donors (Lipinski definition) is 1. The van der Waals surface area contributed by atoms with Crippen LogP contribution in [0.15, 0.2) is 0 Å². The van der Waals surface area contributed by atoms with Gasteiger partial charge in [0, 0.05) is 6.04 Å². The minimum Gasteiger partial charge on any atom is -0.314 e. The minimum atomic E-state index is 0.887. The smallest absolute Gasteiger partial charge is 0.00958 e. The average Bonchev–Trinajstić information content (AvgIpc) is 2.72. The third kappa shape index (κ3) is 2.50. The highest BCUT2D eigenvalue weighted by molar-refractivity contribution is 4.85. The summed E-state index contributed by atoms with van der Waals surface area (Å²) in [5.41, 5.74) is 0. The van der Waals surface area contributed by atoms with Gasteiger partial charge < -0.3 is 5.32 Å². The number of rotatable bonds is 3. The molecule has 1 saturated carbocycles. The number of nitrogens with one attached hydrogen (secondary N) is 1. The van der Waals surface area contributed by atoms with E-state index in [-0.39, 0.29) is 0 Å². The summed E-state index contributed by atoms with van der Waals surface area (Å²) in [6, 6.07) is 0.887. The van der Waals surface area contributed by atoms with Crippen molar-refractivity contribution in [2.24, 2.45) is 11.8 Å². The zero-order valence-electron chi connectivity index (χ0n) is 9.60. The molecule has 1 aliphatic carbocycles. The van der Waals surface area contributed by atoms with Gasteiger partial charge in [-0.3, -0.25) is 0 Å². The van der Waals surface area contributed by atoms with Crippen molar-refractivity contribution in [3.8, 4) is 0 Å². The van der Waals surface area contributed by atoms with E-state index in [9.17, 15) is 0 Å². The summed E-state index contributed by atoms with van der Waals surface area (Å²) >= 11 is 0. The Morgan fingerprint density at radius 1 is 1.07 bits per heavy atom. The summed E-state index contributed by atoms with van der Waals surface area (Å²) in [4.78, 5) is 0. The minimum absolute atomic E-state index is 0.887. The van der Waals surface area contributed by atoms with Gasteiger partial charge in [0.15, 0.2) is 0 Å². The average molecular weight is 195 g/mol. The summed E-state index contributed by atoms with van der Waals surface area (Å²) in [6.45, 7) is 3.60. The molecule has 2 rings (SSSR count). The first-order chi connectivity index (χ1) is 6.90. The second-order valence-corrected chi connectivity index (χ2v) is 5.27. The molecule has 82 valence electrons. The molecule has 1 N–H and O–H groups in total. The van der Waals surface area contributed by atoms with Crippen LogP contribution in [0.4, 0.5) is 0 Å². The topological polar surface area (TPSA) is 12.0 Å². The molecule has 14 heavy (non-hydrogen) atoms. The Bertz CT molecular complexity index is 153. The molecule has 0 radical (unpaired) electrons. The predicted molar refractivity (Wildman–Crippen MR) is 61.4 cm³/mol. The van der Waals surface area contributed by atoms with Gasteiger partial charge in [-0.2, -0.15) is 0 Å². The molecule has 0 amide bonds. The fourth-order valence-corrected chi connectivity index (χ4v) is 3.40. The summed E-state index contributed by atoms with van der Waals surface area (Å²) in [6.07, 6.45) is 11.8. The van der Waals surface area contributed by atoms with E-state index in [1.165, 1.54) is 57.9 Å². The molecule has 1 aliphatic heterocycles. The van der Waals surface area contributed by atoms with Crippen molar-refractivity contribution in [2.45, 2.75) is 64.3 Å². The zero-order chi connectivity index (χ0) is 9.80. The highest BCUT2D eigenvalue weighted by atomic mass is 14.9. The lowest BCUT2D eigenvalue weighted by Gasteiger charge is -2.32. The Morgan fingerprint density at radius 2 is 1.86 bits per heavy atom. The van der Waals surface area contributed by atoms with Crippen molar-refractivity contribution in [3.63, 3.8) is 0 Å². The van der Waals surface area contributed by atoms with E-state index in [0.29, 0.717) is 0 Å². The Morgan fingerprint density at radius 3 is 2.43 bits per heavy atom. The van der Waals surface area contributed by atoms with Crippen molar-refractivity contribution >= 4 is 0 Å². The Balaban J connectivity index is 1.72. The summed E-state index contributed by atoms with van der Waals surface area (Å²) in [5, 5.41) is 3.67. The van der Waals surface area contributed by atoms with Crippen LogP contribution < -0.4 is 5.32 Å². The van der Waals surface area contributed by atoms with E-state index >= 15 is 0 Å². The van der Waals surface area contributed by atoms with Crippen LogP contribution in [0.5, 0.6) is 0 Å². The van der Waals surface area contributed by atoms with Crippen molar-refractivity contribution in [1.82, 2.24) is 5.32 Å². The van der Waals surface area contributed by atoms with Gasteiger partial charge in [0.2, 0.25) is 0 Å². The van der Waals surface area contributed by atoms with Gasteiger partial charge in [0.25, 0.3) is 0 Å². The molecular weight excluding hydrogens is 170 g/mol. The van der Waals surface area contributed by atoms with Gasteiger partial charge >= 0.3 is 0 Å². The molecule has 1 heteroatoms. The quantitative estimate of drug-likeness (QED) is 0.728. The summed E-state index contributed by atoms with van der Waals surface area (Å²) in [7, 11) is 0. The molecule has 2 aliphatic rings. The van der Waals surface area contributed by atoms with Crippen molar-refractivity contribution in [1.29, 1.82) is 0 Å². The van der Waals surface area contributed by atoms with E-state index in [4.69, 9.17) is 0 Å². The van der Waals surface area contributed by atoms with Gasteiger partial charge in [0.05, 0.1) is 0 Å². The van der Waals surface area contributed by atoms with Crippen molar-refractivity contribution < 1.29 is 0 Å². The van der Waals surface area contributed by atoms with E-state index in [1.807, 2.05) is 0 Å².